The van der Waals surface area contributed by atoms with E-state index in [9.17, 15) is 14.4 Å². The molecule has 3 atom stereocenters. The Labute approximate surface area is 210 Å². The second-order valence-corrected chi connectivity index (χ2v) is 8.52. The molecule has 1 aliphatic rings. The highest BCUT2D eigenvalue weighted by atomic mass is 35.5. The number of ether oxygens (including phenoxy) is 2. The summed E-state index contributed by atoms with van der Waals surface area (Å²) in [5.74, 6) is 5.24. The van der Waals surface area contributed by atoms with Crippen LogP contribution in [0.4, 0.5) is 5.69 Å². The van der Waals surface area contributed by atoms with E-state index in [4.69, 9.17) is 21.1 Å². The second kappa shape index (κ2) is 12.4. The Hall–Kier alpha value is -3.34. The summed E-state index contributed by atoms with van der Waals surface area (Å²) in [6, 6.07) is 12.7. The average Bonchev–Trinajstić information content (AvgIpc) is 2.83. The van der Waals surface area contributed by atoms with E-state index in [1.165, 1.54) is 11.8 Å². The van der Waals surface area contributed by atoms with E-state index in [0.29, 0.717) is 29.1 Å². The molecule has 1 fully saturated rings. The smallest absolute Gasteiger partial charge is 0.328 e. The Bertz CT molecular complexity index is 1120. The van der Waals surface area contributed by atoms with E-state index in [-0.39, 0.29) is 25.0 Å². The van der Waals surface area contributed by atoms with Crippen molar-refractivity contribution in [2.75, 3.05) is 18.5 Å². The molecule has 1 saturated heterocycles. The molecule has 2 aromatic rings. The van der Waals surface area contributed by atoms with Crippen LogP contribution in [0.5, 0.6) is 0 Å². The fourth-order valence-corrected chi connectivity index (χ4v) is 4.12. The van der Waals surface area contributed by atoms with Gasteiger partial charge in [0.1, 0.15) is 24.8 Å². The molecule has 8 heteroatoms. The predicted molar refractivity (Wildman–Crippen MR) is 134 cm³/mol. The summed E-state index contributed by atoms with van der Waals surface area (Å²) in [5, 5.41) is 3.34. The zero-order valence-corrected chi connectivity index (χ0v) is 20.8. The number of amides is 2. The lowest BCUT2D eigenvalue weighted by molar-refractivity contribution is -0.169. The van der Waals surface area contributed by atoms with E-state index in [0.717, 1.165) is 5.56 Å². The number of para-hydroxylation sites is 1. The number of hydrogen-bond donors (Lipinski definition) is 1. The first-order valence-electron chi connectivity index (χ1n) is 11.6. The molecule has 35 heavy (non-hydrogen) atoms. The highest BCUT2D eigenvalue weighted by molar-refractivity contribution is 6.30. The Morgan fingerprint density at radius 2 is 1.91 bits per heavy atom. The molecule has 1 aliphatic heterocycles. The third-order valence-corrected chi connectivity index (χ3v) is 5.76. The van der Waals surface area contributed by atoms with Gasteiger partial charge in [0.15, 0.2) is 0 Å². The number of benzene rings is 2. The Morgan fingerprint density at radius 1 is 1.20 bits per heavy atom. The molecule has 1 N–H and O–H groups in total. The minimum atomic E-state index is -0.795. The molecule has 2 aromatic carbocycles. The maximum Gasteiger partial charge on any atom is 0.328 e. The molecule has 0 unspecified atom stereocenters. The highest BCUT2D eigenvalue weighted by Crippen LogP contribution is 2.32. The van der Waals surface area contributed by atoms with Crippen LogP contribution in [0.3, 0.4) is 0 Å². The maximum absolute atomic E-state index is 13.1. The summed E-state index contributed by atoms with van der Waals surface area (Å²) in [6.45, 7) is 5.12. The van der Waals surface area contributed by atoms with Gasteiger partial charge in [-0.25, -0.2) is 4.79 Å². The van der Waals surface area contributed by atoms with Crippen LogP contribution < -0.4 is 5.32 Å². The lowest BCUT2D eigenvalue weighted by atomic mass is 9.96. The quantitative estimate of drug-likeness (QED) is 0.455. The Kier molecular flexibility index (Phi) is 9.30. The molecule has 3 rings (SSSR count). The number of rotatable bonds is 7. The average molecular weight is 497 g/mol. The summed E-state index contributed by atoms with van der Waals surface area (Å²) in [4.78, 5) is 39.2. The van der Waals surface area contributed by atoms with Crippen LogP contribution in [0.15, 0.2) is 48.5 Å². The zero-order valence-electron chi connectivity index (χ0n) is 20.0. The van der Waals surface area contributed by atoms with E-state index >= 15 is 0 Å². The first-order chi connectivity index (χ1) is 16.8. The largest absolute Gasteiger partial charge is 0.464 e. The molecular weight excluding hydrogens is 468 g/mol. The first kappa shape index (κ1) is 26.3. The second-order valence-electron chi connectivity index (χ2n) is 8.08. The Balaban J connectivity index is 2.10. The molecule has 2 amide bonds. The van der Waals surface area contributed by atoms with Crippen molar-refractivity contribution < 1.29 is 23.9 Å². The summed E-state index contributed by atoms with van der Waals surface area (Å²) in [7, 11) is 0. The lowest BCUT2D eigenvalue weighted by Gasteiger charge is -2.42. The molecular formula is C27H29ClN2O5. The van der Waals surface area contributed by atoms with Crippen molar-refractivity contribution in [2.24, 2.45) is 0 Å². The molecule has 0 spiro atoms. The number of morpholine rings is 1. The van der Waals surface area contributed by atoms with Gasteiger partial charge >= 0.3 is 5.97 Å². The van der Waals surface area contributed by atoms with Gasteiger partial charge in [0.2, 0.25) is 11.8 Å². The Morgan fingerprint density at radius 3 is 2.57 bits per heavy atom. The van der Waals surface area contributed by atoms with Gasteiger partial charge in [0.25, 0.3) is 0 Å². The van der Waals surface area contributed by atoms with Crippen molar-refractivity contribution in [2.45, 2.75) is 51.8 Å². The van der Waals surface area contributed by atoms with Crippen molar-refractivity contribution in [1.82, 2.24) is 4.90 Å². The molecule has 1 heterocycles. The standard InChI is InChI=1S/C27H29ClN2O5/c1-4-8-24(27(33)34-5-2)30-23(16-13-19-9-6-7-10-22(19)29-18(3)31)26(35-17-25(30)32)20-11-14-21(28)15-12-20/h6-7,9-12,14-15,23-24,26H,4-5,8,17H2,1-3H3,(H,29,31)/t23-,24-,26+/m0/s1. The fourth-order valence-electron chi connectivity index (χ4n) is 4.00. The number of esters is 1. The zero-order chi connectivity index (χ0) is 25.4. The first-order valence-corrected chi connectivity index (χ1v) is 12.0. The minimum Gasteiger partial charge on any atom is -0.464 e. The van der Waals surface area contributed by atoms with Gasteiger partial charge in [-0.15, -0.1) is 0 Å². The van der Waals surface area contributed by atoms with Gasteiger partial charge in [-0.05, 0) is 43.2 Å². The molecule has 184 valence electrons. The van der Waals surface area contributed by atoms with Crippen LogP contribution in [0.1, 0.15) is 50.8 Å². The number of nitrogens with zero attached hydrogens (tertiary/aromatic N) is 1. The number of halogens is 1. The summed E-state index contributed by atoms with van der Waals surface area (Å²) < 4.78 is 11.3. The van der Waals surface area contributed by atoms with Gasteiger partial charge < -0.3 is 19.7 Å². The van der Waals surface area contributed by atoms with E-state index in [1.807, 2.05) is 25.1 Å². The monoisotopic (exact) mass is 496 g/mol. The number of carbonyl (C=O) groups is 3. The van der Waals surface area contributed by atoms with Crippen molar-refractivity contribution in [3.8, 4) is 11.8 Å². The number of nitrogens with one attached hydrogen (secondary N) is 1. The van der Waals surface area contributed by atoms with Crippen LogP contribution in [-0.2, 0) is 23.9 Å². The molecule has 0 radical (unpaired) electrons. The van der Waals surface area contributed by atoms with E-state index < -0.39 is 24.2 Å². The van der Waals surface area contributed by atoms with Gasteiger partial charge in [0.05, 0.1) is 12.3 Å². The maximum atomic E-state index is 13.1. The SMILES string of the molecule is CCC[C@@H](C(=O)OCC)N1C(=O)CO[C@H](c2ccc(Cl)cc2)[C@@H]1C#Cc1ccccc1NC(C)=O. The minimum absolute atomic E-state index is 0.187. The normalized spacial score (nSPS) is 18.3. The summed E-state index contributed by atoms with van der Waals surface area (Å²) in [5.41, 5.74) is 1.92. The lowest BCUT2D eigenvalue weighted by Crippen LogP contribution is -2.57. The van der Waals surface area contributed by atoms with Crippen molar-refractivity contribution >= 4 is 35.1 Å². The molecule has 0 aliphatic carbocycles. The van der Waals surface area contributed by atoms with E-state index in [2.05, 4.69) is 17.2 Å². The topological polar surface area (TPSA) is 84.9 Å². The third-order valence-electron chi connectivity index (χ3n) is 5.51. The number of anilines is 1. The highest BCUT2D eigenvalue weighted by Gasteiger charge is 2.43. The van der Waals surface area contributed by atoms with E-state index in [1.54, 1.807) is 37.3 Å². The summed E-state index contributed by atoms with van der Waals surface area (Å²) >= 11 is 6.08. The molecule has 0 saturated carbocycles. The number of carbonyl (C=O) groups excluding carboxylic acids is 3. The van der Waals surface area contributed by atoms with Crippen LogP contribution in [0.2, 0.25) is 5.02 Å². The fraction of sp³-hybridized carbons (Fsp3) is 0.370. The van der Waals surface area contributed by atoms with Crippen LogP contribution in [0.25, 0.3) is 0 Å². The molecule has 0 bridgehead atoms. The summed E-state index contributed by atoms with van der Waals surface area (Å²) in [6.07, 6.45) is 0.489. The van der Waals surface area contributed by atoms with Crippen molar-refractivity contribution in [3.05, 3.63) is 64.7 Å². The van der Waals surface area contributed by atoms with Crippen molar-refractivity contribution in [3.63, 3.8) is 0 Å². The van der Waals surface area contributed by atoms with Gasteiger partial charge in [-0.3, -0.25) is 9.59 Å². The van der Waals surface area contributed by atoms with Gasteiger partial charge in [-0.2, -0.15) is 0 Å². The number of hydrogen-bond acceptors (Lipinski definition) is 5. The van der Waals surface area contributed by atoms with Crippen LogP contribution in [-0.4, -0.2) is 48.0 Å². The predicted octanol–water partition coefficient (Wildman–Crippen LogP) is 4.35. The van der Waals surface area contributed by atoms with Gasteiger partial charge in [0, 0.05) is 17.5 Å². The van der Waals surface area contributed by atoms with Crippen LogP contribution in [0, 0.1) is 11.8 Å². The molecule has 0 aromatic heterocycles. The van der Waals surface area contributed by atoms with Gasteiger partial charge in [-0.1, -0.05) is 61.1 Å². The van der Waals surface area contributed by atoms with Crippen LogP contribution >= 0.6 is 11.6 Å². The third kappa shape index (κ3) is 6.62. The molecule has 7 nitrogen and oxygen atoms in total. The van der Waals surface area contributed by atoms with Crippen molar-refractivity contribution in [1.29, 1.82) is 0 Å².